The normalized spacial score (nSPS) is 23.8. The SMILES string of the molecule is Clc1ccnc2c1ccc1c(N3CC4CCCCC4C3)ccnc12. The molecule has 2 atom stereocenters. The molecule has 1 aromatic carbocycles. The van der Waals surface area contributed by atoms with Crippen molar-refractivity contribution in [3.8, 4) is 0 Å². The highest BCUT2D eigenvalue weighted by Crippen LogP contribution is 2.40. The summed E-state index contributed by atoms with van der Waals surface area (Å²) in [4.78, 5) is 11.7. The molecule has 2 fully saturated rings. The molecule has 0 spiro atoms. The van der Waals surface area contributed by atoms with E-state index in [1.165, 1.54) is 49.8 Å². The fraction of sp³-hybridized carbons (Fsp3) is 0.400. The Balaban J connectivity index is 1.64. The first-order chi connectivity index (χ1) is 11.8. The molecular formula is C20H20ClN3. The molecule has 3 nitrogen and oxygen atoms in total. The van der Waals surface area contributed by atoms with Gasteiger partial charge < -0.3 is 4.90 Å². The molecule has 3 aromatic rings. The van der Waals surface area contributed by atoms with Crippen molar-refractivity contribution in [3.05, 3.63) is 41.7 Å². The van der Waals surface area contributed by atoms with Crippen LogP contribution in [0.5, 0.6) is 0 Å². The van der Waals surface area contributed by atoms with Crippen molar-refractivity contribution in [1.82, 2.24) is 9.97 Å². The van der Waals surface area contributed by atoms with Gasteiger partial charge in [0.25, 0.3) is 0 Å². The van der Waals surface area contributed by atoms with Gasteiger partial charge in [-0.05, 0) is 42.9 Å². The molecule has 24 heavy (non-hydrogen) atoms. The number of anilines is 1. The van der Waals surface area contributed by atoms with Gasteiger partial charge in [-0.2, -0.15) is 0 Å². The minimum Gasteiger partial charge on any atom is -0.370 e. The summed E-state index contributed by atoms with van der Waals surface area (Å²) in [5.74, 6) is 1.74. The zero-order valence-electron chi connectivity index (χ0n) is 13.6. The van der Waals surface area contributed by atoms with Crippen molar-refractivity contribution in [1.29, 1.82) is 0 Å². The van der Waals surface area contributed by atoms with Crippen LogP contribution in [0.15, 0.2) is 36.7 Å². The molecule has 0 radical (unpaired) electrons. The maximum absolute atomic E-state index is 6.33. The fourth-order valence-electron chi connectivity index (χ4n) is 4.66. The number of halogens is 1. The Morgan fingerprint density at radius 2 is 1.46 bits per heavy atom. The van der Waals surface area contributed by atoms with E-state index >= 15 is 0 Å². The van der Waals surface area contributed by atoms with E-state index < -0.39 is 0 Å². The first-order valence-corrected chi connectivity index (χ1v) is 9.26. The molecule has 2 aliphatic rings. The Labute approximate surface area is 146 Å². The molecule has 5 rings (SSSR count). The van der Waals surface area contributed by atoms with Crippen molar-refractivity contribution in [2.24, 2.45) is 11.8 Å². The summed E-state index contributed by atoms with van der Waals surface area (Å²) in [6, 6.07) is 8.25. The summed E-state index contributed by atoms with van der Waals surface area (Å²) >= 11 is 6.33. The summed E-state index contributed by atoms with van der Waals surface area (Å²) in [5, 5.41) is 2.91. The van der Waals surface area contributed by atoms with Gasteiger partial charge >= 0.3 is 0 Å². The Kier molecular flexibility index (Phi) is 3.37. The molecule has 4 heteroatoms. The lowest BCUT2D eigenvalue weighted by Crippen LogP contribution is -2.20. The van der Waals surface area contributed by atoms with Gasteiger partial charge in [-0.3, -0.25) is 9.97 Å². The van der Waals surface area contributed by atoms with Crippen LogP contribution >= 0.6 is 11.6 Å². The van der Waals surface area contributed by atoms with E-state index in [1.807, 2.05) is 12.3 Å². The van der Waals surface area contributed by atoms with E-state index in [9.17, 15) is 0 Å². The number of hydrogen-bond acceptors (Lipinski definition) is 3. The second-order valence-corrected chi connectivity index (χ2v) is 7.60. The number of nitrogens with zero attached hydrogens (tertiary/aromatic N) is 3. The summed E-state index contributed by atoms with van der Waals surface area (Å²) in [6.07, 6.45) is 9.28. The van der Waals surface area contributed by atoms with Gasteiger partial charge in [0.1, 0.15) is 0 Å². The molecule has 1 saturated carbocycles. The molecular weight excluding hydrogens is 318 g/mol. The lowest BCUT2D eigenvalue weighted by molar-refractivity contribution is 0.299. The number of rotatable bonds is 1. The van der Waals surface area contributed by atoms with Crippen molar-refractivity contribution >= 4 is 39.1 Å². The van der Waals surface area contributed by atoms with Gasteiger partial charge in [-0.25, -0.2) is 0 Å². The average Bonchev–Trinajstić information content (AvgIpc) is 3.05. The fourth-order valence-corrected chi connectivity index (χ4v) is 4.87. The van der Waals surface area contributed by atoms with E-state index in [4.69, 9.17) is 11.6 Å². The van der Waals surface area contributed by atoms with Crippen LogP contribution in [-0.4, -0.2) is 23.1 Å². The third-order valence-corrected chi connectivity index (χ3v) is 6.19. The quantitative estimate of drug-likeness (QED) is 0.581. The molecule has 1 aliphatic carbocycles. The smallest absolute Gasteiger partial charge is 0.0985 e. The van der Waals surface area contributed by atoms with Crippen LogP contribution in [0, 0.1) is 11.8 Å². The lowest BCUT2D eigenvalue weighted by atomic mass is 9.82. The Morgan fingerprint density at radius 3 is 2.21 bits per heavy atom. The molecule has 1 saturated heterocycles. The third kappa shape index (κ3) is 2.18. The van der Waals surface area contributed by atoms with Gasteiger partial charge in [0.2, 0.25) is 0 Å². The highest BCUT2D eigenvalue weighted by atomic mass is 35.5. The number of benzene rings is 1. The largest absolute Gasteiger partial charge is 0.370 e. The molecule has 122 valence electrons. The van der Waals surface area contributed by atoms with Gasteiger partial charge in [-0.1, -0.05) is 30.5 Å². The van der Waals surface area contributed by atoms with Gasteiger partial charge in [0.15, 0.2) is 0 Å². The van der Waals surface area contributed by atoms with Crippen molar-refractivity contribution < 1.29 is 0 Å². The zero-order chi connectivity index (χ0) is 16.1. The first-order valence-electron chi connectivity index (χ1n) is 8.88. The van der Waals surface area contributed by atoms with Crippen LogP contribution in [0.25, 0.3) is 21.8 Å². The van der Waals surface area contributed by atoms with Gasteiger partial charge in [0.05, 0.1) is 16.1 Å². The molecule has 0 bridgehead atoms. The Morgan fingerprint density at radius 1 is 0.833 bits per heavy atom. The molecule has 3 heterocycles. The highest BCUT2D eigenvalue weighted by molar-refractivity contribution is 6.36. The zero-order valence-corrected chi connectivity index (χ0v) is 14.3. The van der Waals surface area contributed by atoms with Crippen LogP contribution in [0.2, 0.25) is 5.02 Å². The predicted octanol–water partition coefficient (Wildman–Crippen LogP) is 5.06. The van der Waals surface area contributed by atoms with Crippen molar-refractivity contribution in [3.63, 3.8) is 0 Å². The summed E-state index contributed by atoms with van der Waals surface area (Å²) in [7, 11) is 0. The second-order valence-electron chi connectivity index (χ2n) is 7.19. The predicted molar refractivity (Wildman–Crippen MR) is 99.7 cm³/mol. The van der Waals surface area contributed by atoms with E-state index in [-0.39, 0.29) is 0 Å². The minimum atomic E-state index is 0.737. The number of pyridine rings is 2. The van der Waals surface area contributed by atoms with E-state index in [2.05, 4.69) is 33.1 Å². The van der Waals surface area contributed by atoms with Gasteiger partial charge in [0, 0.05) is 41.9 Å². The van der Waals surface area contributed by atoms with Crippen molar-refractivity contribution in [2.75, 3.05) is 18.0 Å². The molecule has 2 aromatic heterocycles. The standard InChI is InChI=1S/C20H20ClN3/c21-17-7-9-22-19-15(17)5-6-16-18(8-10-23-20(16)19)24-11-13-3-1-2-4-14(13)12-24/h5-10,13-14H,1-4,11-12H2. The molecule has 1 aliphatic heterocycles. The summed E-state index contributed by atoms with van der Waals surface area (Å²) in [6.45, 7) is 2.37. The Bertz CT molecular complexity index is 909. The molecule has 2 unspecified atom stereocenters. The topological polar surface area (TPSA) is 29.0 Å². The number of aromatic nitrogens is 2. The Hall–Kier alpha value is -1.87. The maximum atomic E-state index is 6.33. The lowest BCUT2D eigenvalue weighted by Gasteiger charge is -2.22. The maximum Gasteiger partial charge on any atom is 0.0985 e. The van der Waals surface area contributed by atoms with E-state index in [1.54, 1.807) is 6.20 Å². The third-order valence-electron chi connectivity index (χ3n) is 5.86. The van der Waals surface area contributed by atoms with Crippen molar-refractivity contribution in [2.45, 2.75) is 25.7 Å². The van der Waals surface area contributed by atoms with Gasteiger partial charge in [-0.15, -0.1) is 0 Å². The average molecular weight is 338 g/mol. The second kappa shape index (κ2) is 5.59. The monoisotopic (exact) mass is 337 g/mol. The molecule has 0 amide bonds. The number of hydrogen-bond donors (Lipinski definition) is 0. The summed E-state index contributed by atoms with van der Waals surface area (Å²) in [5.41, 5.74) is 3.17. The molecule has 0 N–H and O–H groups in total. The van der Waals surface area contributed by atoms with Crippen LogP contribution in [-0.2, 0) is 0 Å². The van der Waals surface area contributed by atoms with E-state index in [0.717, 1.165) is 33.3 Å². The first kappa shape index (κ1) is 14.5. The summed E-state index contributed by atoms with van der Waals surface area (Å²) < 4.78 is 0. The van der Waals surface area contributed by atoms with Crippen LogP contribution in [0.4, 0.5) is 5.69 Å². The van der Waals surface area contributed by atoms with Crippen LogP contribution < -0.4 is 4.90 Å². The van der Waals surface area contributed by atoms with Crippen LogP contribution in [0.1, 0.15) is 25.7 Å². The van der Waals surface area contributed by atoms with E-state index in [0.29, 0.717) is 0 Å². The highest BCUT2D eigenvalue weighted by Gasteiger charge is 2.34. The van der Waals surface area contributed by atoms with Crippen LogP contribution in [0.3, 0.4) is 0 Å². The number of fused-ring (bicyclic) bond motifs is 4. The minimum absolute atomic E-state index is 0.737.